The molecule has 2 aromatic carbocycles. The number of hydrogen-bond acceptors (Lipinski definition) is 5. The van der Waals surface area contributed by atoms with Gasteiger partial charge in [-0.25, -0.2) is 9.59 Å². The van der Waals surface area contributed by atoms with Crippen molar-refractivity contribution in [1.29, 1.82) is 0 Å². The number of hydrogen-bond donors (Lipinski definition) is 1. The topological polar surface area (TPSA) is 58.9 Å². The Bertz CT molecular complexity index is 621. The van der Waals surface area contributed by atoms with Gasteiger partial charge in [-0.05, 0) is 35.4 Å². The third-order valence-corrected chi connectivity index (χ3v) is 3.36. The number of nitrogens with zero attached hydrogens (tertiary/aromatic N) is 2. The second-order valence-corrected chi connectivity index (χ2v) is 4.51. The van der Waals surface area contributed by atoms with Crippen molar-refractivity contribution in [3.8, 4) is 0 Å². The molecule has 0 aliphatic carbocycles. The summed E-state index contributed by atoms with van der Waals surface area (Å²) in [7, 11) is 0. The molecule has 0 spiro atoms. The fourth-order valence-electron chi connectivity index (χ4n) is 1.76. The second-order valence-electron chi connectivity index (χ2n) is 3.99. The highest BCUT2D eigenvalue weighted by Gasteiger charge is 2.09. The van der Waals surface area contributed by atoms with E-state index in [0.29, 0.717) is 11.4 Å². The van der Waals surface area contributed by atoms with Gasteiger partial charge in [0.25, 0.3) is 0 Å². The van der Waals surface area contributed by atoms with Crippen molar-refractivity contribution in [3.63, 3.8) is 0 Å². The first-order valence-electron chi connectivity index (χ1n) is 5.78. The zero-order chi connectivity index (χ0) is 14.4. The highest BCUT2D eigenvalue weighted by atomic mass is 32.1. The van der Waals surface area contributed by atoms with E-state index in [4.69, 9.17) is 0 Å². The van der Waals surface area contributed by atoms with Gasteiger partial charge in [-0.1, -0.05) is 24.3 Å². The van der Waals surface area contributed by atoms with Gasteiger partial charge in [0.2, 0.25) is 12.2 Å². The van der Waals surface area contributed by atoms with Crippen LogP contribution >= 0.6 is 12.6 Å². The third-order valence-electron chi connectivity index (χ3n) is 2.77. The van der Waals surface area contributed by atoms with Gasteiger partial charge in [0.15, 0.2) is 0 Å². The molecule has 0 amide bonds. The van der Waals surface area contributed by atoms with Crippen LogP contribution in [-0.4, -0.2) is 12.2 Å². The standard InChI is InChI=1S/C15H10N2O2S/c18-9-16-13-5-1-11(2-6-13)15(20)12-3-7-14(8-4-12)17-10-19/h1-8,15,20H. The summed E-state index contributed by atoms with van der Waals surface area (Å²) in [6.45, 7) is 0. The SMILES string of the molecule is O=C=Nc1ccc(C(S)c2ccc(N=C=O)cc2)cc1. The quantitative estimate of drug-likeness (QED) is 0.528. The number of isocyanates is 2. The van der Waals surface area contributed by atoms with Crippen LogP contribution in [0.5, 0.6) is 0 Å². The Morgan fingerprint density at radius 3 is 1.40 bits per heavy atom. The van der Waals surface area contributed by atoms with Gasteiger partial charge >= 0.3 is 0 Å². The monoisotopic (exact) mass is 282 g/mol. The van der Waals surface area contributed by atoms with E-state index in [1.165, 1.54) is 12.2 Å². The molecule has 0 aliphatic rings. The van der Waals surface area contributed by atoms with E-state index < -0.39 is 0 Å². The molecule has 4 nitrogen and oxygen atoms in total. The van der Waals surface area contributed by atoms with Crippen LogP contribution < -0.4 is 0 Å². The molecule has 98 valence electrons. The van der Waals surface area contributed by atoms with E-state index in [9.17, 15) is 9.59 Å². The van der Waals surface area contributed by atoms with E-state index in [2.05, 4.69) is 22.6 Å². The minimum absolute atomic E-state index is 0.112. The van der Waals surface area contributed by atoms with Gasteiger partial charge in [-0.2, -0.15) is 22.6 Å². The Kier molecular flexibility index (Phi) is 4.64. The summed E-state index contributed by atoms with van der Waals surface area (Å²) in [5.74, 6) is 0. The molecule has 0 heterocycles. The molecule has 5 heteroatoms. The molecule has 0 aliphatic heterocycles. The number of aliphatic imine (C=N–C) groups is 2. The van der Waals surface area contributed by atoms with Crippen molar-refractivity contribution in [2.75, 3.05) is 0 Å². The Labute approximate surface area is 121 Å². The molecule has 0 unspecified atom stereocenters. The molecule has 0 saturated heterocycles. The lowest BCUT2D eigenvalue weighted by Crippen LogP contribution is -1.92. The second kappa shape index (κ2) is 6.64. The van der Waals surface area contributed by atoms with Gasteiger partial charge < -0.3 is 0 Å². The van der Waals surface area contributed by atoms with Crippen LogP contribution in [-0.2, 0) is 9.59 Å². The lowest BCUT2D eigenvalue weighted by atomic mass is 10.0. The number of rotatable bonds is 4. The zero-order valence-corrected chi connectivity index (χ0v) is 11.2. The molecule has 0 fully saturated rings. The minimum Gasteiger partial charge on any atom is -0.211 e. The average molecular weight is 282 g/mol. The summed E-state index contributed by atoms with van der Waals surface area (Å²) >= 11 is 4.57. The number of thiol groups is 1. The molecule has 0 saturated carbocycles. The summed E-state index contributed by atoms with van der Waals surface area (Å²) < 4.78 is 0. The Hall–Kier alpha value is -2.45. The predicted octanol–water partition coefficient (Wildman–Crippen LogP) is 3.64. The highest BCUT2D eigenvalue weighted by Crippen LogP contribution is 2.30. The first kappa shape index (κ1) is 14.0. The fourth-order valence-corrected chi connectivity index (χ4v) is 2.10. The summed E-state index contributed by atoms with van der Waals surface area (Å²) in [5.41, 5.74) is 3.06. The van der Waals surface area contributed by atoms with Gasteiger partial charge in [-0.15, -0.1) is 0 Å². The van der Waals surface area contributed by atoms with Crippen LogP contribution in [0.3, 0.4) is 0 Å². The molecular formula is C15H10N2O2S. The van der Waals surface area contributed by atoms with E-state index in [0.717, 1.165) is 11.1 Å². The van der Waals surface area contributed by atoms with Crippen molar-refractivity contribution in [2.24, 2.45) is 9.98 Å². The van der Waals surface area contributed by atoms with Crippen LogP contribution in [0.4, 0.5) is 11.4 Å². The van der Waals surface area contributed by atoms with Crippen molar-refractivity contribution >= 4 is 36.2 Å². The number of carbonyl (C=O) groups excluding carboxylic acids is 2. The van der Waals surface area contributed by atoms with Gasteiger partial charge in [0.1, 0.15) is 0 Å². The average Bonchev–Trinajstić information content (AvgIpc) is 2.49. The normalized spacial score (nSPS) is 11.1. The fraction of sp³-hybridized carbons (Fsp3) is 0.0667. The number of benzene rings is 2. The maximum Gasteiger partial charge on any atom is 0.240 e. The van der Waals surface area contributed by atoms with Crippen molar-refractivity contribution in [1.82, 2.24) is 0 Å². The van der Waals surface area contributed by atoms with E-state index in [-0.39, 0.29) is 5.25 Å². The lowest BCUT2D eigenvalue weighted by molar-refractivity contribution is 0.564. The largest absolute Gasteiger partial charge is 0.240 e. The van der Waals surface area contributed by atoms with Crippen molar-refractivity contribution < 1.29 is 9.59 Å². The summed E-state index contributed by atoms with van der Waals surface area (Å²) in [5, 5.41) is -0.112. The Balaban J connectivity index is 2.23. The molecule has 2 rings (SSSR count). The van der Waals surface area contributed by atoms with E-state index in [1.807, 2.05) is 24.3 Å². The van der Waals surface area contributed by atoms with Crippen LogP contribution in [0, 0.1) is 0 Å². The van der Waals surface area contributed by atoms with Gasteiger partial charge in [0, 0.05) is 0 Å². The lowest BCUT2D eigenvalue weighted by Gasteiger charge is -2.11. The Morgan fingerprint density at radius 2 is 1.10 bits per heavy atom. The third kappa shape index (κ3) is 3.31. The molecule has 0 aromatic heterocycles. The minimum atomic E-state index is -0.112. The maximum atomic E-state index is 10.2. The summed E-state index contributed by atoms with van der Waals surface area (Å²) in [6.07, 6.45) is 2.99. The van der Waals surface area contributed by atoms with Crippen LogP contribution in [0.2, 0.25) is 0 Å². The summed E-state index contributed by atoms with van der Waals surface area (Å²) in [6, 6.07) is 14.3. The van der Waals surface area contributed by atoms with Crippen LogP contribution in [0.25, 0.3) is 0 Å². The molecular weight excluding hydrogens is 272 g/mol. The molecule has 0 bridgehead atoms. The van der Waals surface area contributed by atoms with E-state index >= 15 is 0 Å². The highest BCUT2D eigenvalue weighted by molar-refractivity contribution is 7.80. The van der Waals surface area contributed by atoms with E-state index in [1.54, 1.807) is 24.3 Å². The summed E-state index contributed by atoms with van der Waals surface area (Å²) in [4.78, 5) is 27.4. The molecule has 0 radical (unpaired) electrons. The molecule has 2 aromatic rings. The predicted molar refractivity (Wildman–Crippen MR) is 79.3 cm³/mol. The first-order valence-corrected chi connectivity index (χ1v) is 6.30. The molecule has 20 heavy (non-hydrogen) atoms. The zero-order valence-electron chi connectivity index (χ0n) is 10.4. The molecule has 0 atom stereocenters. The van der Waals surface area contributed by atoms with Crippen LogP contribution in [0.1, 0.15) is 16.4 Å². The van der Waals surface area contributed by atoms with Gasteiger partial charge in [0.05, 0.1) is 16.6 Å². The van der Waals surface area contributed by atoms with Crippen LogP contribution in [0.15, 0.2) is 58.5 Å². The van der Waals surface area contributed by atoms with Crippen molar-refractivity contribution in [2.45, 2.75) is 5.25 Å². The first-order chi connectivity index (χ1) is 9.74. The van der Waals surface area contributed by atoms with Crippen molar-refractivity contribution in [3.05, 3.63) is 59.7 Å². The Morgan fingerprint density at radius 1 is 0.750 bits per heavy atom. The smallest absolute Gasteiger partial charge is 0.211 e. The van der Waals surface area contributed by atoms with Gasteiger partial charge in [-0.3, -0.25) is 0 Å². The molecule has 0 N–H and O–H groups in total. The maximum absolute atomic E-state index is 10.2.